The Balaban J connectivity index is 1.55. The van der Waals surface area contributed by atoms with Gasteiger partial charge in [-0.25, -0.2) is 0 Å². The van der Waals surface area contributed by atoms with Gasteiger partial charge in [0.15, 0.2) is 0 Å². The first-order valence-electron chi connectivity index (χ1n) is 7.86. The van der Waals surface area contributed by atoms with E-state index in [4.69, 9.17) is 9.15 Å². The van der Waals surface area contributed by atoms with Crippen molar-refractivity contribution in [3.05, 3.63) is 54.0 Å². The molecule has 2 aromatic rings. The molecule has 0 aliphatic carbocycles. The predicted octanol–water partition coefficient (Wildman–Crippen LogP) is 2.99. The number of methoxy groups -OCH3 is 1. The monoisotopic (exact) mass is 300 g/mol. The lowest BCUT2D eigenvalue weighted by molar-refractivity contribution is 0.0681. The van der Waals surface area contributed by atoms with Crippen molar-refractivity contribution in [2.75, 3.05) is 26.7 Å². The summed E-state index contributed by atoms with van der Waals surface area (Å²) in [4.78, 5) is 5.00. The predicted molar refractivity (Wildman–Crippen MR) is 86.9 cm³/mol. The van der Waals surface area contributed by atoms with Crippen LogP contribution >= 0.6 is 0 Å². The van der Waals surface area contributed by atoms with E-state index in [1.807, 2.05) is 12.1 Å². The fourth-order valence-electron chi connectivity index (χ4n) is 3.08. The second-order valence-electron chi connectivity index (χ2n) is 5.99. The molecule has 118 valence electrons. The zero-order valence-electron chi connectivity index (χ0n) is 13.4. The molecule has 1 aromatic carbocycles. The molecule has 1 aliphatic heterocycles. The van der Waals surface area contributed by atoms with Crippen molar-refractivity contribution in [3.8, 4) is 5.75 Å². The third-order valence-corrected chi connectivity index (χ3v) is 4.33. The van der Waals surface area contributed by atoms with Gasteiger partial charge in [0.25, 0.3) is 0 Å². The third kappa shape index (κ3) is 3.70. The van der Waals surface area contributed by atoms with E-state index in [0.29, 0.717) is 6.04 Å². The second-order valence-corrected chi connectivity index (χ2v) is 5.99. The van der Waals surface area contributed by atoms with E-state index in [2.05, 4.69) is 41.0 Å². The van der Waals surface area contributed by atoms with Gasteiger partial charge in [-0.1, -0.05) is 12.1 Å². The molecule has 3 rings (SSSR count). The molecule has 0 spiro atoms. The lowest BCUT2D eigenvalue weighted by Gasteiger charge is -2.39. The van der Waals surface area contributed by atoms with Crippen LogP contribution in [0.5, 0.6) is 5.75 Å². The Hall–Kier alpha value is -1.78. The summed E-state index contributed by atoms with van der Waals surface area (Å²) in [6.45, 7) is 7.42. The van der Waals surface area contributed by atoms with Gasteiger partial charge in [0.2, 0.25) is 0 Å². The Morgan fingerprint density at radius 2 is 2.09 bits per heavy atom. The van der Waals surface area contributed by atoms with Gasteiger partial charge >= 0.3 is 0 Å². The van der Waals surface area contributed by atoms with E-state index in [-0.39, 0.29) is 0 Å². The van der Waals surface area contributed by atoms with Crippen LogP contribution in [-0.2, 0) is 13.1 Å². The first-order chi connectivity index (χ1) is 10.7. The van der Waals surface area contributed by atoms with Crippen molar-refractivity contribution in [3.63, 3.8) is 0 Å². The summed E-state index contributed by atoms with van der Waals surface area (Å²) in [5.41, 5.74) is 1.31. The molecule has 0 saturated carbocycles. The lowest BCUT2D eigenvalue weighted by atomic mass is 10.1. The normalized spacial score (nSPS) is 20.2. The molecule has 0 bridgehead atoms. The van der Waals surface area contributed by atoms with Crippen molar-refractivity contribution in [2.24, 2.45) is 0 Å². The van der Waals surface area contributed by atoms with Gasteiger partial charge in [-0.05, 0) is 36.8 Å². The highest BCUT2D eigenvalue weighted by Gasteiger charge is 2.24. The SMILES string of the molecule is COc1cccc(CN2CCN(Cc3ccco3)[C@@H](C)C2)c1. The molecule has 0 unspecified atom stereocenters. The molecule has 1 fully saturated rings. The van der Waals surface area contributed by atoms with Crippen molar-refractivity contribution in [2.45, 2.75) is 26.1 Å². The first-order valence-corrected chi connectivity index (χ1v) is 7.86. The summed E-state index contributed by atoms with van der Waals surface area (Å²) in [7, 11) is 1.72. The minimum Gasteiger partial charge on any atom is -0.497 e. The summed E-state index contributed by atoms with van der Waals surface area (Å²) in [5, 5.41) is 0. The third-order valence-electron chi connectivity index (χ3n) is 4.33. The van der Waals surface area contributed by atoms with Gasteiger partial charge in [-0.3, -0.25) is 9.80 Å². The molecule has 1 atom stereocenters. The number of rotatable bonds is 5. The number of piperazine rings is 1. The van der Waals surface area contributed by atoms with Crippen LogP contribution in [0.4, 0.5) is 0 Å². The Bertz CT molecular complexity index is 583. The van der Waals surface area contributed by atoms with Crippen LogP contribution in [-0.4, -0.2) is 42.6 Å². The Morgan fingerprint density at radius 3 is 2.82 bits per heavy atom. The minimum absolute atomic E-state index is 0.532. The Kier molecular flexibility index (Phi) is 4.80. The van der Waals surface area contributed by atoms with Crippen molar-refractivity contribution < 1.29 is 9.15 Å². The smallest absolute Gasteiger partial charge is 0.119 e. The second kappa shape index (κ2) is 6.99. The number of nitrogens with zero attached hydrogens (tertiary/aromatic N) is 2. The van der Waals surface area contributed by atoms with Crippen molar-refractivity contribution in [1.82, 2.24) is 9.80 Å². The molecule has 0 amide bonds. The first kappa shape index (κ1) is 15.1. The zero-order valence-corrected chi connectivity index (χ0v) is 13.4. The van der Waals surface area contributed by atoms with Crippen LogP contribution in [0.2, 0.25) is 0 Å². The summed E-state index contributed by atoms with van der Waals surface area (Å²) in [5.74, 6) is 1.98. The molecule has 1 aliphatic rings. The number of benzene rings is 1. The molecule has 0 N–H and O–H groups in total. The molecule has 1 saturated heterocycles. The molecule has 22 heavy (non-hydrogen) atoms. The fraction of sp³-hybridized carbons (Fsp3) is 0.444. The quantitative estimate of drug-likeness (QED) is 0.849. The average molecular weight is 300 g/mol. The van der Waals surface area contributed by atoms with Gasteiger partial charge in [0.1, 0.15) is 11.5 Å². The maximum absolute atomic E-state index is 5.46. The topological polar surface area (TPSA) is 28.9 Å². The number of furan rings is 1. The van der Waals surface area contributed by atoms with E-state index >= 15 is 0 Å². The standard InChI is InChI=1S/C18H24N2O2/c1-15-12-19(13-16-5-3-6-17(11-16)21-2)8-9-20(15)14-18-7-4-10-22-18/h3-7,10-11,15H,8-9,12-14H2,1-2H3/t15-/m0/s1. The maximum atomic E-state index is 5.46. The maximum Gasteiger partial charge on any atom is 0.119 e. The highest BCUT2D eigenvalue weighted by atomic mass is 16.5. The molecular weight excluding hydrogens is 276 g/mol. The van der Waals surface area contributed by atoms with Crippen LogP contribution in [0, 0.1) is 0 Å². The lowest BCUT2D eigenvalue weighted by Crippen LogP contribution is -2.50. The largest absolute Gasteiger partial charge is 0.497 e. The number of hydrogen-bond acceptors (Lipinski definition) is 4. The Morgan fingerprint density at radius 1 is 1.18 bits per heavy atom. The molecule has 0 radical (unpaired) electrons. The molecule has 1 aromatic heterocycles. The van der Waals surface area contributed by atoms with Gasteiger partial charge in [-0.15, -0.1) is 0 Å². The van der Waals surface area contributed by atoms with E-state index < -0.39 is 0 Å². The summed E-state index contributed by atoms with van der Waals surface area (Å²) in [6.07, 6.45) is 1.75. The van der Waals surface area contributed by atoms with Crippen LogP contribution in [0.25, 0.3) is 0 Å². The fourth-order valence-corrected chi connectivity index (χ4v) is 3.08. The van der Waals surface area contributed by atoms with Gasteiger partial charge < -0.3 is 9.15 Å². The molecular formula is C18H24N2O2. The van der Waals surface area contributed by atoms with E-state index in [9.17, 15) is 0 Å². The van der Waals surface area contributed by atoms with Crippen LogP contribution in [0.1, 0.15) is 18.2 Å². The Labute approximate surface area is 132 Å². The van der Waals surface area contributed by atoms with Gasteiger partial charge in [0.05, 0.1) is 19.9 Å². The molecule has 4 heteroatoms. The minimum atomic E-state index is 0.532. The van der Waals surface area contributed by atoms with Gasteiger partial charge in [0, 0.05) is 32.2 Å². The molecule has 2 heterocycles. The van der Waals surface area contributed by atoms with E-state index in [1.54, 1.807) is 13.4 Å². The van der Waals surface area contributed by atoms with Crippen LogP contribution in [0.15, 0.2) is 47.1 Å². The van der Waals surface area contributed by atoms with Crippen LogP contribution in [0.3, 0.4) is 0 Å². The van der Waals surface area contributed by atoms with Crippen molar-refractivity contribution in [1.29, 1.82) is 0 Å². The van der Waals surface area contributed by atoms with Crippen LogP contribution < -0.4 is 4.74 Å². The van der Waals surface area contributed by atoms with E-state index in [1.165, 1.54) is 5.56 Å². The highest BCUT2D eigenvalue weighted by Crippen LogP contribution is 2.18. The number of hydrogen-bond donors (Lipinski definition) is 0. The number of ether oxygens (including phenoxy) is 1. The van der Waals surface area contributed by atoms with Gasteiger partial charge in [-0.2, -0.15) is 0 Å². The average Bonchev–Trinajstić information content (AvgIpc) is 3.03. The summed E-state index contributed by atoms with van der Waals surface area (Å²) >= 11 is 0. The highest BCUT2D eigenvalue weighted by molar-refractivity contribution is 5.28. The van der Waals surface area contributed by atoms with Crippen molar-refractivity contribution >= 4 is 0 Å². The summed E-state index contributed by atoms with van der Waals surface area (Å²) < 4.78 is 10.8. The zero-order chi connectivity index (χ0) is 15.4. The molecule has 4 nitrogen and oxygen atoms in total. The van der Waals surface area contributed by atoms with E-state index in [0.717, 1.165) is 44.2 Å². The summed E-state index contributed by atoms with van der Waals surface area (Å²) in [6, 6.07) is 12.9.